The maximum atomic E-state index is 13.8. The van der Waals surface area contributed by atoms with Gasteiger partial charge in [0.05, 0.1) is 26.2 Å². The predicted molar refractivity (Wildman–Crippen MR) is 87.9 cm³/mol. The highest BCUT2D eigenvalue weighted by atomic mass is 32.2. The van der Waals surface area contributed by atoms with E-state index in [1.54, 1.807) is 6.92 Å². The summed E-state index contributed by atoms with van der Waals surface area (Å²) in [7, 11) is -2.70. The van der Waals surface area contributed by atoms with Gasteiger partial charge in [0.1, 0.15) is 16.5 Å². The van der Waals surface area contributed by atoms with Gasteiger partial charge in [0.15, 0.2) is 6.04 Å². The Hall–Kier alpha value is -2.11. The van der Waals surface area contributed by atoms with Crippen LogP contribution in [0.1, 0.15) is 6.92 Å². The average molecular weight is 391 g/mol. The third-order valence-electron chi connectivity index (χ3n) is 4.35. The first-order valence-electron chi connectivity index (χ1n) is 7.99. The Labute approximate surface area is 150 Å². The first kappa shape index (κ1) is 20.2. The summed E-state index contributed by atoms with van der Waals surface area (Å²) in [6.07, 6.45) is 0. The van der Waals surface area contributed by atoms with Crippen molar-refractivity contribution in [3.63, 3.8) is 0 Å². The zero-order valence-electron chi connectivity index (χ0n) is 14.4. The molecule has 2 rings (SSSR count). The number of quaternary nitrogens is 1. The lowest BCUT2D eigenvalue weighted by atomic mass is 10.2. The summed E-state index contributed by atoms with van der Waals surface area (Å²) >= 11 is 0. The van der Waals surface area contributed by atoms with Crippen LogP contribution in [0.15, 0.2) is 23.1 Å². The minimum absolute atomic E-state index is 0.0755. The Kier molecular flexibility index (Phi) is 6.26. The lowest BCUT2D eigenvalue weighted by Crippen LogP contribution is -3.19. The Morgan fingerprint density at radius 1 is 1.23 bits per heavy atom. The minimum atomic E-state index is -4.09. The molecular formula is C15H21F2N4O4S+. The summed E-state index contributed by atoms with van der Waals surface area (Å²) in [5.41, 5.74) is 0. The fourth-order valence-electron chi connectivity index (χ4n) is 2.74. The Balaban J connectivity index is 2.03. The molecule has 0 radical (unpaired) electrons. The number of hydrogen-bond acceptors (Lipinski definition) is 4. The largest absolute Gasteiger partial charge is 0.341 e. The maximum Gasteiger partial charge on any atom is 0.321 e. The molecule has 0 saturated carbocycles. The van der Waals surface area contributed by atoms with Gasteiger partial charge in [-0.3, -0.25) is 10.1 Å². The third kappa shape index (κ3) is 4.34. The second-order valence-corrected chi connectivity index (χ2v) is 7.83. The third-order valence-corrected chi connectivity index (χ3v) is 6.28. The minimum Gasteiger partial charge on any atom is -0.341 e. The molecule has 3 amide bonds. The number of halogens is 2. The first-order valence-corrected chi connectivity index (χ1v) is 9.43. The molecule has 1 saturated heterocycles. The molecule has 3 N–H and O–H groups in total. The van der Waals surface area contributed by atoms with E-state index in [4.69, 9.17) is 0 Å². The Bertz CT molecular complexity index is 795. The molecule has 1 aromatic rings. The van der Waals surface area contributed by atoms with E-state index in [1.165, 1.54) is 7.05 Å². The Morgan fingerprint density at radius 2 is 1.85 bits per heavy atom. The summed E-state index contributed by atoms with van der Waals surface area (Å²) in [4.78, 5) is 23.4. The highest BCUT2D eigenvalue weighted by Gasteiger charge is 2.35. The summed E-state index contributed by atoms with van der Waals surface area (Å²) in [5, 5.41) is 4.46. The van der Waals surface area contributed by atoms with E-state index in [0.29, 0.717) is 19.2 Å². The zero-order chi connectivity index (χ0) is 19.5. The molecule has 26 heavy (non-hydrogen) atoms. The number of hydrogen-bond donors (Lipinski definition) is 3. The fraction of sp³-hybridized carbons (Fsp3) is 0.467. The molecule has 1 aromatic carbocycles. The van der Waals surface area contributed by atoms with E-state index >= 15 is 0 Å². The number of piperazine rings is 1. The number of carbonyl (C=O) groups is 2. The number of nitrogens with one attached hydrogen (secondary N) is 3. The lowest BCUT2D eigenvalue weighted by molar-refractivity contribution is -0.917. The molecule has 1 atom stereocenters. The second-order valence-electron chi connectivity index (χ2n) is 5.93. The Morgan fingerprint density at radius 3 is 2.38 bits per heavy atom. The summed E-state index contributed by atoms with van der Waals surface area (Å²) in [6, 6.07) is 1.15. The molecular weight excluding hydrogens is 370 g/mol. The molecule has 0 bridgehead atoms. The van der Waals surface area contributed by atoms with Crippen LogP contribution in [0, 0.1) is 11.6 Å². The van der Waals surface area contributed by atoms with E-state index < -0.39 is 44.5 Å². The number of benzene rings is 1. The van der Waals surface area contributed by atoms with Crippen LogP contribution in [-0.4, -0.2) is 63.9 Å². The van der Waals surface area contributed by atoms with Gasteiger partial charge < -0.3 is 10.2 Å². The molecule has 0 aromatic heterocycles. The number of carbonyl (C=O) groups excluding carboxylic acids is 2. The van der Waals surface area contributed by atoms with Crippen LogP contribution in [0.2, 0.25) is 0 Å². The average Bonchev–Trinajstić information content (AvgIpc) is 2.60. The van der Waals surface area contributed by atoms with Crippen molar-refractivity contribution in [3.05, 3.63) is 29.8 Å². The normalized spacial score (nSPS) is 17.5. The van der Waals surface area contributed by atoms with E-state index in [2.05, 4.69) is 10.6 Å². The van der Waals surface area contributed by atoms with Crippen molar-refractivity contribution in [3.8, 4) is 0 Å². The summed E-state index contributed by atoms with van der Waals surface area (Å²) < 4.78 is 53.0. The van der Waals surface area contributed by atoms with Crippen LogP contribution >= 0.6 is 0 Å². The number of sulfonamides is 1. The maximum absolute atomic E-state index is 13.8. The standard InChI is InChI=1S/C15H20F2N4O4S/c1-10(14(22)19-15(23)18-2)20-5-7-21(8-6-20)26(24,25)13-4-3-11(16)9-12(13)17/h3-4,9-10H,5-8H2,1-2H3,(H2,18,19,22,23)/p+1/t10-/m1/s1. The van der Waals surface area contributed by atoms with Gasteiger partial charge in [-0.1, -0.05) is 0 Å². The van der Waals surface area contributed by atoms with Crippen LogP contribution in [0.25, 0.3) is 0 Å². The molecule has 0 unspecified atom stereocenters. The van der Waals surface area contributed by atoms with Gasteiger partial charge in [-0.15, -0.1) is 0 Å². The van der Waals surface area contributed by atoms with E-state index in [-0.39, 0.29) is 13.1 Å². The van der Waals surface area contributed by atoms with E-state index in [0.717, 1.165) is 21.3 Å². The summed E-state index contributed by atoms with van der Waals surface area (Å²) in [6.45, 7) is 2.41. The van der Waals surface area contributed by atoms with Crippen molar-refractivity contribution in [2.75, 3.05) is 33.2 Å². The van der Waals surface area contributed by atoms with Crippen molar-refractivity contribution >= 4 is 22.0 Å². The highest BCUT2D eigenvalue weighted by Crippen LogP contribution is 2.20. The highest BCUT2D eigenvalue weighted by molar-refractivity contribution is 7.89. The van der Waals surface area contributed by atoms with Gasteiger partial charge in [0, 0.05) is 13.1 Å². The molecule has 8 nitrogen and oxygen atoms in total. The van der Waals surface area contributed by atoms with Gasteiger partial charge in [0.25, 0.3) is 5.91 Å². The van der Waals surface area contributed by atoms with Gasteiger partial charge >= 0.3 is 6.03 Å². The van der Waals surface area contributed by atoms with Crippen molar-refractivity contribution in [2.45, 2.75) is 17.9 Å². The van der Waals surface area contributed by atoms with Crippen LogP contribution in [0.4, 0.5) is 13.6 Å². The lowest BCUT2D eigenvalue weighted by Gasteiger charge is -2.34. The number of rotatable bonds is 4. The quantitative estimate of drug-likeness (QED) is 0.594. The summed E-state index contributed by atoms with van der Waals surface area (Å²) in [5.74, 6) is -2.47. The van der Waals surface area contributed by atoms with Crippen molar-refractivity contribution in [1.29, 1.82) is 0 Å². The van der Waals surface area contributed by atoms with Crippen molar-refractivity contribution < 1.29 is 31.7 Å². The molecule has 0 aliphatic carbocycles. The molecule has 0 spiro atoms. The van der Waals surface area contributed by atoms with Gasteiger partial charge in [-0.05, 0) is 19.1 Å². The number of nitrogens with zero attached hydrogens (tertiary/aromatic N) is 1. The van der Waals surface area contributed by atoms with Crippen LogP contribution < -0.4 is 15.5 Å². The molecule has 144 valence electrons. The molecule has 1 aliphatic heterocycles. The van der Waals surface area contributed by atoms with Crippen LogP contribution in [0.5, 0.6) is 0 Å². The SMILES string of the molecule is CNC(=O)NC(=O)[C@@H](C)[NH+]1CCN(S(=O)(=O)c2ccc(F)cc2F)CC1. The van der Waals surface area contributed by atoms with E-state index in [1.807, 2.05) is 0 Å². The molecule has 1 aliphatic rings. The first-order chi connectivity index (χ1) is 12.2. The van der Waals surface area contributed by atoms with Crippen LogP contribution in [-0.2, 0) is 14.8 Å². The number of urea groups is 1. The smallest absolute Gasteiger partial charge is 0.321 e. The number of imide groups is 1. The van der Waals surface area contributed by atoms with Gasteiger partial charge in [-0.25, -0.2) is 22.0 Å². The monoisotopic (exact) mass is 391 g/mol. The fourth-order valence-corrected chi connectivity index (χ4v) is 4.23. The van der Waals surface area contributed by atoms with Crippen LogP contribution in [0.3, 0.4) is 0 Å². The molecule has 1 heterocycles. The number of amides is 3. The molecule has 11 heteroatoms. The zero-order valence-corrected chi connectivity index (χ0v) is 15.2. The van der Waals surface area contributed by atoms with Crippen molar-refractivity contribution in [1.82, 2.24) is 14.9 Å². The second kappa shape index (κ2) is 8.06. The molecule has 1 fully saturated rings. The van der Waals surface area contributed by atoms with Crippen molar-refractivity contribution in [2.24, 2.45) is 0 Å². The van der Waals surface area contributed by atoms with Gasteiger partial charge in [0.2, 0.25) is 10.0 Å². The van der Waals surface area contributed by atoms with Gasteiger partial charge in [-0.2, -0.15) is 4.31 Å². The predicted octanol–water partition coefficient (Wildman–Crippen LogP) is -1.30. The topological polar surface area (TPSA) is 100 Å². The van der Waals surface area contributed by atoms with E-state index in [9.17, 15) is 26.8 Å².